The highest BCUT2D eigenvalue weighted by molar-refractivity contribution is 7.08. The van der Waals surface area contributed by atoms with E-state index in [0.717, 1.165) is 36.5 Å². The molecule has 0 aromatic carbocycles. The first-order chi connectivity index (χ1) is 8.38. The summed E-state index contributed by atoms with van der Waals surface area (Å²) in [5, 5.41) is 7.14. The Balaban J connectivity index is 2.17. The number of amides is 1. The standard InChI is InChI=1S/C12H18ClN3OS/c1-11(2,3)9-8(18-16-15-9)10(17)14-12(7-13)5-4-6-12/h4-7H2,1-3H3,(H,14,17). The van der Waals surface area contributed by atoms with Crippen molar-refractivity contribution in [2.45, 2.75) is 51.0 Å². The highest BCUT2D eigenvalue weighted by atomic mass is 35.5. The monoisotopic (exact) mass is 287 g/mol. The first-order valence-corrected chi connectivity index (χ1v) is 7.40. The number of alkyl halides is 1. The van der Waals surface area contributed by atoms with Crippen LogP contribution in [0.15, 0.2) is 0 Å². The van der Waals surface area contributed by atoms with Crippen molar-refractivity contribution in [2.75, 3.05) is 5.88 Å². The topological polar surface area (TPSA) is 54.9 Å². The van der Waals surface area contributed by atoms with E-state index in [2.05, 4.69) is 14.9 Å². The third-order valence-corrected chi connectivity index (χ3v) is 4.59. The molecule has 0 spiro atoms. The van der Waals surface area contributed by atoms with Crippen molar-refractivity contribution >= 4 is 29.0 Å². The molecule has 6 heteroatoms. The van der Waals surface area contributed by atoms with Crippen molar-refractivity contribution in [3.05, 3.63) is 10.6 Å². The van der Waals surface area contributed by atoms with E-state index in [1.807, 2.05) is 20.8 Å². The van der Waals surface area contributed by atoms with Gasteiger partial charge in [-0.15, -0.1) is 16.7 Å². The minimum atomic E-state index is -0.211. The molecule has 0 saturated heterocycles. The number of aromatic nitrogens is 2. The van der Waals surface area contributed by atoms with Gasteiger partial charge in [-0.25, -0.2) is 0 Å². The fourth-order valence-corrected chi connectivity index (χ4v) is 3.13. The van der Waals surface area contributed by atoms with Crippen LogP contribution >= 0.6 is 23.1 Å². The number of hydrogen-bond acceptors (Lipinski definition) is 4. The summed E-state index contributed by atoms with van der Waals surface area (Å²) in [6.07, 6.45) is 3.04. The van der Waals surface area contributed by atoms with Crippen LogP contribution in [0, 0.1) is 0 Å². The van der Waals surface area contributed by atoms with Crippen LogP contribution in [0.25, 0.3) is 0 Å². The fraction of sp³-hybridized carbons (Fsp3) is 0.750. The lowest BCUT2D eigenvalue weighted by Crippen LogP contribution is -2.55. The van der Waals surface area contributed by atoms with Crippen LogP contribution in [0.1, 0.15) is 55.4 Å². The molecule has 0 unspecified atom stereocenters. The second kappa shape index (κ2) is 4.78. The lowest BCUT2D eigenvalue weighted by atomic mass is 9.78. The molecule has 1 fully saturated rings. The summed E-state index contributed by atoms with van der Waals surface area (Å²) in [6.45, 7) is 6.09. The van der Waals surface area contributed by atoms with Gasteiger partial charge in [-0.3, -0.25) is 4.79 Å². The van der Waals surface area contributed by atoms with Crippen LogP contribution < -0.4 is 5.32 Å². The average Bonchev–Trinajstić information content (AvgIpc) is 2.71. The molecule has 0 atom stereocenters. The number of nitrogens with one attached hydrogen (secondary N) is 1. The number of nitrogens with zero attached hydrogens (tertiary/aromatic N) is 2. The van der Waals surface area contributed by atoms with Gasteiger partial charge < -0.3 is 5.32 Å². The van der Waals surface area contributed by atoms with Gasteiger partial charge in [-0.2, -0.15) is 0 Å². The van der Waals surface area contributed by atoms with E-state index in [0.29, 0.717) is 10.8 Å². The Labute approximate surface area is 116 Å². The van der Waals surface area contributed by atoms with Gasteiger partial charge in [0.15, 0.2) is 0 Å². The van der Waals surface area contributed by atoms with Gasteiger partial charge in [0.2, 0.25) is 0 Å². The van der Waals surface area contributed by atoms with Crippen LogP contribution in [0.2, 0.25) is 0 Å². The number of rotatable bonds is 3. The molecule has 2 rings (SSSR count). The SMILES string of the molecule is CC(C)(C)c1nnsc1C(=O)NC1(CCl)CCC1. The molecule has 0 radical (unpaired) electrons. The zero-order valence-electron chi connectivity index (χ0n) is 10.9. The van der Waals surface area contributed by atoms with E-state index in [4.69, 9.17) is 11.6 Å². The molecular formula is C12H18ClN3OS. The summed E-state index contributed by atoms with van der Waals surface area (Å²) in [5.41, 5.74) is 0.375. The molecule has 1 heterocycles. The number of halogens is 1. The lowest BCUT2D eigenvalue weighted by molar-refractivity contribution is 0.0855. The highest BCUT2D eigenvalue weighted by Crippen LogP contribution is 2.34. The Hall–Kier alpha value is -0.680. The van der Waals surface area contributed by atoms with E-state index in [9.17, 15) is 4.79 Å². The maximum absolute atomic E-state index is 12.3. The summed E-state index contributed by atoms with van der Waals surface area (Å²) in [7, 11) is 0. The first-order valence-electron chi connectivity index (χ1n) is 6.09. The van der Waals surface area contributed by atoms with Crippen molar-refractivity contribution in [2.24, 2.45) is 0 Å². The molecule has 0 aliphatic heterocycles. The highest BCUT2D eigenvalue weighted by Gasteiger charge is 2.39. The molecule has 1 aliphatic rings. The minimum absolute atomic E-state index is 0.0877. The summed E-state index contributed by atoms with van der Waals surface area (Å²) in [4.78, 5) is 12.9. The second-order valence-corrected chi connectivity index (χ2v) is 6.94. The lowest BCUT2D eigenvalue weighted by Gasteiger charge is -2.40. The van der Waals surface area contributed by atoms with Crippen LogP contribution in [-0.4, -0.2) is 26.9 Å². The maximum Gasteiger partial charge on any atom is 0.265 e. The molecule has 4 nitrogen and oxygen atoms in total. The molecule has 18 heavy (non-hydrogen) atoms. The molecule has 0 bridgehead atoms. The first kappa shape index (κ1) is 13.7. The molecule has 1 aliphatic carbocycles. The normalized spacial score (nSPS) is 18.2. The maximum atomic E-state index is 12.3. The van der Waals surface area contributed by atoms with Crippen molar-refractivity contribution in [3.8, 4) is 0 Å². The van der Waals surface area contributed by atoms with E-state index in [1.54, 1.807) is 0 Å². The Morgan fingerprint density at radius 3 is 2.61 bits per heavy atom. The Morgan fingerprint density at radius 1 is 1.50 bits per heavy atom. The average molecular weight is 288 g/mol. The summed E-state index contributed by atoms with van der Waals surface area (Å²) in [5.74, 6) is 0.380. The van der Waals surface area contributed by atoms with E-state index in [-0.39, 0.29) is 16.9 Å². The van der Waals surface area contributed by atoms with Crippen LogP contribution in [-0.2, 0) is 5.41 Å². The van der Waals surface area contributed by atoms with Crippen molar-refractivity contribution in [1.29, 1.82) is 0 Å². The molecule has 1 saturated carbocycles. The second-order valence-electron chi connectivity index (χ2n) is 5.92. The van der Waals surface area contributed by atoms with E-state index >= 15 is 0 Å². The molecule has 1 N–H and O–H groups in total. The summed E-state index contributed by atoms with van der Waals surface area (Å²) in [6, 6.07) is 0. The van der Waals surface area contributed by atoms with Gasteiger partial charge in [-0.1, -0.05) is 25.3 Å². The van der Waals surface area contributed by atoms with Crippen LogP contribution in [0.4, 0.5) is 0 Å². The van der Waals surface area contributed by atoms with Gasteiger partial charge in [0, 0.05) is 11.3 Å². The van der Waals surface area contributed by atoms with Gasteiger partial charge in [-0.05, 0) is 30.8 Å². The van der Waals surface area contributed by atoms with Gasteiger partial charge in [0.1, 0.15) is 4.88 Å². The Morgan fingerprint density at radius 2 is 2.17 bits per heavy atom. The van der Waals surface area contributed by atoms with Crippen molar-refractivity contribution in [3.63, 3.8) is 0 Å². The predicted octanol–water partition coefficient (Wildman–Crippen LogP) is 2.73. The molecule has 1 amide bonds. The predicted molar refractivity (Wildman–Crippen MR) is 73.4 cm³/mol. The van der Waals surface area contributed by atoms with Crippen LogP contribution in [0.5, 0.6) is 0 Å². The van der Waals surface area contributed by atoms with Crippen molar-refractivity contribution < 1.29 is 4.79 Å². The number of hydrogen-bond donors (Lipinski definition) is 1. The zero-order valence-corrected chi connectivity index (χ0v) is 12.5. The van der Waals surface area contributed by atoms with Gasteiger partial charge in [0.05, 0.1) is 11.2 Å². The number of carbonyl (C=O) groups excluding carboxylic acids is 1. The van der Waals surface area contributed by atoms with Gasteiger partial charge >= 0.3 is 0 Å². The zero-order chi connectivity index (χ0) is 13.4. The third-order valence-electron chi connectivity index (χ3n) is 3.35. The van der Waals surface area contributed by atoms with E-state index < -0.39 is 0 Å². The molecule has 1 aromatic rings. The Kier molecular flexibility index (Phi) is 3.65. The largest absolute Gasteiger partial charge is 0.345 e. The summed E-state index contributed by atoms with van der Waals surface area (Å²) < 4.78 is 3.91. The quantitative estimate of drug-likeness (QED) is 0.870. The smallest absolute Gasteiger partial charge is 0.265 e. The minimum Gasteiger partial charge on any atom is -0.345 e. The molecule has 100 valence electrons. The number of carbonyl (C=O) groups is 1. The Bertz CT molecular complexity index is 443. The molecule has 1 aromatic heterocycles. The molecular weight excluding hydrogens is 270 g/mol. The fourth-order valence-electron chi connectivity index (χ4n) is 2.02. The summed E-state index contributed by atoms with van der Waals surface area (Å²) >= 11 is 7.11. The van der Waals surface area contributed by atoms with E-state index in [1.165, 1.54) is 0 Å². The van der Waals surface area contributed by atoms with Crippen molar-refractivity contribution in [1.82, 2.24) is 14.9 Å². The third kappa shape index (κ3) is 2.52. The van der Waals surface area contributed by atoms with Gasteiger partial charge in [0.25, 0.3) is 5.91 Å². The van der Waals surface area contributed by atoms with Crippen LogP contribution in [0.3, 0.4) is 0 Å².